The number of carbonyl (C=O) groups excluding carboxylic acids is 1. The van der Waals surface area contributed by atoms with E-state index < -0.39 is 0 Å². The van der Waals surface area contributed by atoms with Crippen molar-refractivity contribution in [3.05, 3.63) is 36.5 Å². The Bertz CT molecular complexity index is 733. The zero-order chi connectivity index (χ0) is 16.6. The van der Waals surface area contributed by atoms with Crippen LogP contribution < -0.4 is 5.32 Å². The van der Waals surface area contributed by atoms with Crippen molar-refractivity contribution in [1.29, 1.82) is 0 Å². The molecular weight excluding hydrogens is 304 g/mol. The lowest BCUT2D eigenvalue weighted by Crippen LogP contribution is -2.65. The van der Waals surface area contributed by atoms with E-state index in [0.717, 1.165) is 18.4 Å². The number of carbonyl (C=O) groups is 1. The van der Waals surface area contributed by atoms with Gasteiger partial charge < -0.3 is 19.7 Å². The molecular formula is C19H24N2O3. The van der Waals surface area contributed by atoms with Crippen molar-refractivity contribution in [2.45, 2.75) is 44.4 Å². The van der Waals surface area contributed by atoms with Crippen LogP contribution >= 0.6 is 0 Å². The number of aliphatic hydroxyl groups excluding tert-OH is 1. The predicted molar refractivity (Wildman–Crippen MR) is 91.6 cm³/mol. The summed E-state index contributed by atoms with van der Waals surface area (Å²) in [5.41, 5.74) is 0.999. The molecule has 2 fully saturated rings. The van der Waals surface area contributed by atoms with Gasteiger partial charge in [0, 0.05) is 49.3 Å². The van der Waals surface area contributed by atoms with E-state index in [1.807, 2.05) is 18.3 Å². The Morgan fingerprint density at radius 2 is 2.08 bits per heavy atom. The highest BCUT2D eigenvalue weighted by atomic mass is 16.5. The minimum Gasteiger partial charge on any atom is -0.392 e. The standard InChI is InChI=1S/C19H24N2O3/c22-17-13-16(19(17)7-11-24-12-8-19)20-18(23)6-10-21-9-5-14-3-1-2-4-15(14)21/h1-5,9,16-17,22H,6-8,10-13H2,(H,20,23)/t16-,17-/m1/s1. The zero-order valence-electron chi connectivity index (χ0n) is 13.8. The Morgan fingerprint density at radius 1 is 1.29 bits per heavy atom. The molecule has 1 aromatic carbocycles. The molecule has 1 spiro atoms. The van der Waals surface area contributed by atoms with Crippen molar-refractivity contribution < 1.29 is 14.6 Å². The number of nitrogens with one attached hydrogen (secondary N) is 1. The highest BCUT2D eigenvalue weighted by Crippen LogP contribution is 2.48. The number of ether oxygens (including phenoxy) is 1. The van der Waals surface area contributed by atoms with Crippen LogP contribution in [-0.2, 0) is 16.1 Å². The molecule has 1 aromatic heterocycles. The summed E-state index contributed by atoms with van der Waals surface area (Å²) in [4.78, 5) is 12.4. The van der Waals surface area contributed by atoms with Crippen molar-refractivity contribution in [3.63, 3.8) is 0 Å². The van der Waals surface area contributed by atoms with Crippen molar-refractivity contribution in [2.24, 2.45) is 5.41 Å². The fourth-order valence-electron chi connectivity index (χ4n) is 4.22. The molecule has 5 nitrogen and oxygen atoms in total. The highest BCUT2D eigenvalue weighted by molar-refractivity contribution is 5.80. The summed E-state index contributed by atoms with van der Waals surface area (Å²) in [6, 6.07) is 10.4. The average Bonchev–Trinajstić information content (AvgIpc) is 3.04. The molecule has 1 amide bonds. The summed E-state index contributed by atoms with van der Waals surface area (Å²) in [5, 5.41) is 14.5. The lowest BCUT2D eigenvalue weighted by Gasteiger charge is -2.55. The van der Waals surface area contributed by atoms with E-state index in [2.05, 4.69) is 28.1 Å². The Kier molecular flexibility index (Phi) is 4.06. The van der Waals surface area contributed by atoms with Crippen LogP contribution in [0.1, 0.15) is 25.7 Å². The third kappa shape index (κ3) is 2.62. The van der Waals surface area contributed by atoms with Gasteiger partial charge in [-0.1, -0.05) is 18.2 Å². The number of hydrogen-bond donors (Lipinski definition) is 2. The van der Waals surface area contributed by atoms with Crippen LogP contribution in [-0.4, -0.2) is 40.9 Å². The number of aromatic nitrogens is 1. The third-order valence-corrected chi connectivity index (χ3v) is 5.84. The lowest BCUT2D eigenvalue weighted by atomic mass is 9.58. The van der Waals surface area contributed by atoms with Crippen LogP contribution in [0.4, 0.5) is 0 Å². The van der Waals surface area contributed by atoms with E-state index in [4.69, 9.17) is 4.74 Å². The molecule has 2 aliphatic rings. The van der Waals surface area contributed by atoms with Gasteiger partial charge in [-0.05, 0) is 36.8 Å². The maximum atomic E-state index is 12.4. The molecule has 0 radical (unpaired) electrons. The first kappa shape index (κ1) is 15.7. The van der Waals surface area contributed by atoms with E-state index in [1.165, 1.54) is 5.39 Å². The van der Waals surface area contributed by atoms with Gasteiger partial charge in [0.25, 0.3) is 0 Å². The molecule has 1 saturated heterocycles. The van der Waals surface area contributed by atoms with Gasteiger partial charge in [-0.15, -0.1) is 0 Å². The summed E-state index contributed by atoms with van der Waals surface area (Å²) in [6.45, 7) is 2.03. The second-order valence-corrected chi connectivity index (χ2v) is 7.04. The number of para-hydroxylation sites is 1. The SMILES string of the molecule is O=C(CCn1ccc2ccccc21)N[C@@H]1C[C@@H](O)C12CCOCC2. The molecule has 1 aliphatic heterocycles. The topological polar surface area (TPSA) is 63.5 Å². The van der Waals surface area contributed by atoms with Crippen molar-refractivity contribution >= 4 is 16.8 Å². The number of nitrogens with zero attached hydrogens (tertiary/aromatic N) is 1. The number of hydrogen-bond acceptors (Lipinski definition) is 3. The molecule has 2 N–H and O–H groups in total. The average molecular weight is 328 g/mol. The summed E-state index contributed by atoms with van der Waals surface area (Å²) in [7, 11) is 0. The van der Waals surface area contributed by atoms with Gasteiger partial charge in [0.05, 0.1) is 6.10 Å². The van der Waals surface area contributed by atoms with Crippen molar-refractivity contribution in [1.82, 2.24) is 9.88 Å². The van der Waals surface area contributed by atoms with E-state index in [1.54, 1.807) is 0 Å². The van der Waals surface area contributed by atoms with Crippen molar-refractivity contribution in [2.75, 3.05) is 13.2 Å². The first-order valence-electron chi connectivity index (χ1n) is 8.78. The van der Waals surface area contributed by atoms with Gasteiger partial charge in [-0.25, -0.2) is 0 Å². The molecule has 1 aliphatic carbocycles. The van der Waals surface area contributed by atoms with Crippen LogP contribution in [0.5, 0.6) is 0 Å². The maximum Gasteiger partial charge on any atom is 0.222 e. The van der Waals surface area contributed by atoms with Crippen LogP contribution in [0, 0.1) is 5.41 Å². The largest absolute Gasteiger partial charge is 0.392 e. The van der Waals surface area contributed by atoms with Gasteiger partial charge >= 0.3 is 0 Å². The molecule has 24 heavy (non-hydrogen) atoms. The monoisotopic (exact) mass is 328 g/mol. The summed E-state index contributed by atoms with van der Waals surface area (Å²) < 4.78 is 7.53. The number of aryl methyl sites for hydroxylation is 1. The Balaban J connectivity index is 1.35. The van der Waals surface area contributed by atoms with Gasteiger partial charge in [-0.2, -0.15) is 0 Å². The van der Waals surface area contributed by atoms with Crippen LogP contribution in [0.2, 0.25) is 0 Å². The van der Waals surface area contributed by atoms with Gasteiger partial charge in [0.1, 0.15) is 0 Å². The molecule has 2 heterocycles. The molecule has 128 valence electrons. The quantitative estimate of drug-likeness (QED) is 0.903. The van der Waals surface area contributed by atoms with Crippen LogP contribution in [0.25, 0.3) is 10.9 Å². The van der Waals surface area contributed by atoms with Gasteiger partial charge in [-0.3, -0.25) is 4.79 Å². The first-order valence-corrected chi connectivity index (χ1v) is 8.78. The van der Waals surface area contributed by atoms with Gasteiger partial charge in [0.2, 0.25) is 5.91 Å². The predicted octanol–water partition coefficient (Wildman–Crippen LogP) is 2.08. The fraction of sp³-hybridized carbons (Fsp3) is 0.526. The summed E-state index contributed by atoms with van der Waals surface area (Å²) in [6.07, 6.45) is 4.52. The Morgan fingerprint density at radius 3 is 2.88 bits per heavy atom. The smallest absolute Gasteiger partial charge is 0.222 e. The lowest BCUT2D eigenvalue weighted by molar-refractivity contribution is -0.156. The molecule has 2 aromatic rings. The Labute approximate surface area is 141 Å². The molecule has 0 unspecified atom stereocenters. The normalized spacial score (nSPS) is 25.5. The molecule has 5 heteroatoms. The molecule has 1 saturated carbocycles. The molecule has 2 atom stereocenters. The van der Waals surface area contributed by atoms with E-state index in [9.17, 15) is 9.90 Å². The van der Waals surface area contributed by atoms with E-state index in [-0.39, 0.29) is 23.5 Å². The number of fused-ring (bicyclic) bond motifs is 1. The minimum atomic E-state index is -0.305. The second kappa shape index (κ2) is 6.22. The highest BCUT2D eigenvalue weighted by Gasteiger charge is 2.55. The third-order valence-electron chi connectivity index (χ3n) is 5.84. The fourth-order valence-corrected chi connectivity index (χ4v) is 4.22. The zero-order valence-corrected chi connectivity index (χ0v) is 13.8. The number of rotatable bonds is 4. The number of amides is 1. The number of benzene rings is 1. The first-order chi connectivity index (χ1) is 11.7. The second-order valence-electron chi connectivity index (χ2n) is 7.04. The summed E-state index contributed by atoms with van der Waals surface area (Å²) >= 11 is 0. The van der Waals surface area contributed by atoms with E-state index >= 15 is 0 Å². The van der Waals surface area contributed by atoms with Gasteiger partial charge in [0.15, 0.2) is 0 Å². The van der Waals surface area contributed by atoms with Crippen LogP contribution in [0.15, 0.2) is 36.5 Å². The summed E-state index contributed by atoms with van der Waals surface area (Å²) in [5.74, 6) is 0.0653. The van der Waals surface area contributed by atoms with Crippen molar-refractivity contribution in [3.8, 4) is 0 Å². The maximum absolute atomic E-state index is 12.4. The minimum absolute atomic E-state index is 0.0653. The Hall–Kier alpha value is -1.85. The van der Waals surface area contributed by atoms with Crippen LogP contribution in [0.3, 0.4) is 0 Å². The van der Waals surface area contributed by atoms with E-state index in [0.29, 0.717) is 32.6 Å². The number of aliphatic hydroxyl groups is 1. The molecule has 4 rings (SSSR count). The molecule has 0 bridgehead atoms.